The van der Waals surface area contributed by atoms with E-state index in [2.05, 4.69) is 16.0 Å². The number of anilines is 1. The van der Waals surface area contributed by atoms with Gasteiger partial charge in [-0.05, 0) is 38.6 Å². The Morgan fingerprint density at radius 3 is 2.48 bits per heavy atom. The molecule has 0 aliphatic heterocycles. The Kier molecular flexibility index (Phi) is 7.81. The standard InChI is InChI=1S/C14H22N4O3/c1-15-9-3-11-17-14(19)4-2-10-16-12-5-7-13(8-6-12)18(20)21/h5-8,15-16H,2-4,9-11H2,1H3,(H,17,19). The molecule has 0 aliphatic carbocycles. The number of benzene rings is 1. The molecular weight excluding hydrogens is 272 g/mol. The molecule has 7 nitrogen and oxygen atoms in total. The molecule has 116 valence electrons. The molecule has 7 heteroatoms. The van der Waals surface area contributed by atoms with Crippen LogP contribution < -0.4 is 16.0 Å². The van der Waals surface area contributed by atoms with Crippen LogP contribution in [-0.4, -0.2) is 37.5 Å². The fraction of sp³-hybridized carbons (Fsp3) is 0.500. The second-order valence-electron chi connectivity index (χ2n) is 4.64. The highest BCUT2D eigenvalue weighted by Gasteiger charge is 2.04. The summed E-state index contributed by atoms with van der Waals surface area (Å²) in [6.45, 7) is 2.24. The molecule has 1 aromatic rings. The molecule has 1 amide bonds. The van der Waals surface area contributed by atoms with Gasteiger partial charge >= 0.3 is 0 Å². The maximum atomic E-state index is 11.5. The number of nitrogens with zero attached hydrogens (tertiary/aromatic N) is 1. The Morgan fingerprint density at radius 2 is 1.86 bits per heavy atom. The molecule has 0 fully saturated rings. The summed E-state index contributed by atoms with van der Waals surface area (Å²) in [5, 5.41) is 19.5. The number of rotatable bonds is 10. The molecule has 3 N–H and O–H groups in total. The van der Waals surface area contributed by atoms with Gasteiger partial charge in [0.2, 0.25) is 5.91 Å². The predicted octanol–water partition coefficient (Wildman–Crippen LogP) is 1.51. The first kappa shape index (κ1) is 16.9. The van der Waals surface area contributed by atoms with Gasteiger partial charge in [-0.1, -0.05) is 0 Å². The second kappa shape index (κ2) is 9.71. The monoisotopic (exact) mass is 294 g/mol. The lowest BCUT2D eigenvalue weighted by atomic mass is 10.2. The third-order valence-corrected chi connectivity index (χ3v) is 2.91. The summed E-state index contributed by atoms with van der Waals surface area (Å²) in [7, 11) is 1.88. The second-order valence-corrected chi connectivity index (χ2v) is 4.64. The molecule has 0 saturated carbocycles. The van der Waals surface area contributed by atoms with Crippen LogP contribution in [0.2, 0.25) is 0 Å². The molecule has 21 heavy (non-hydrogen) atoms. The van der Waals surface area contributed by atoms with Crippen molar-refractivity contribution in [3.8, 4) is 0 Å². The van der Waals surface area contributed by atoms with Crippen molar-refractivity contribution in [3.63, 3.8) is 0 Å². The Labute approximate surface area is 124 Å². The number of amides is 1. The molecule has 0 saturated heterocycles. The van der Waals surface area contributed by atoms with Gasteiger partial charge in [0.05, 0.1) is 4.92 Å². The zero-order valence-corrected chi connectivity index (χ0v) is 12.2. The van der Waals surface area contributed by atoms with Crippen molar-refractivity contribution < 1.29 is 9.72 Å². The van der Waals surface area contributed by atoms with Crippen LogP contribution in [0.25, 0.3) is 0 Å². The number of carbonyl (C=O) groups excluding carboxylic acids is 1. The van der Waals surface area contributed by atoms with E-state index >= 15 is 0 Å². The number of non-ortho nitro benzene ring substituents is 1. The molecule has 1 aromatic carbocycles. The quantitative estimate of drug-likeness (QED) is 0.345. The lowest BCUT2D eigenvalue weighted by Gasteiger charge is -2.07. The van der Waals surface area contributed by atoms with Crippen LogP contribution in [0.15, 0.2) is 24.3 Å². The Morgan fingerprint density at radius 1 is 1.14 bits per heavy atom. The molecule has 0 heterocycles. The molecular formula is C14H22N4O3. The van der Waals surface area contributed by atoms with Crippen molar-refractivity contribution >= 4 is 17.3 Å². The van der Waals surface area contributed by atoms with Gasteiger partial charge in [-0.25, -0.2) is 0 Å². The van der Waals surface area contributed by atoms with Gasteiger partial charge in [0, 0.05) is 37.3 Å². The lowest BCUT2D eigenvalue weighted by molar-refractivity contribution is -0.384. The summed E-state index contributed by atoms with van der Waals surface area (Å²) in [5.41, 5.74) is 0.886. The predicted molar refractivity (Wildman–Crippen MR) is 82.4 cm³/mol. The van der Waals surface area contributed by atoms with Crippen LogP contribution in [-0.2, 0) is 4.79 Å². The minimum atomic E-state index is -0.428. The first-order valence-corrected chi connectivity index (χ1v) is 7.03. The Hall–Kier alpha value is -2.15. The minimum absolute atomic E-state index is 0.0524. The van der Waals surface area contributed by atoms with Crippen molar-refractivity contribution in [1.82, 2.24) is 10.6 Å². The first-order chi connectivity index (χ1) is 10.1. The van der Waals surface area contributed by atoms with E-state index in [4.69, 9.17) is 0 Å². The van der Waals surface area contributed by atoms with E-state index in [9.17, 15) is 14.9 Å². The van der Waals surface area contributed by atoms with E-state index in [1.807, 2.05) is 7.05 Å². The fourth-order valence-corrected chi connectivity index (χ4v) is 1.76. The SMILES string of the molecule is CNCCCNC(=O)CCCNc1ccc([N+](=O)[O-])cc1. The average molecular weight is 294 g/mol. The highest BCUT2D eigenvalue weighted by Crippen LogP contribution is 2.15. The zero-order chi connectivity index (χ0) is 15.5. The topological polar surface area (TPSA) is 96.3 Å². The highest BCUT2D eigenvalue weighted by molar-refractivity contribution is 5.75. The first-order valence-electron chi connectivity index (χ1n) is 7.03. The summed E-state index contributed by atoms with van der Waals surface area (Å²) in [4.78, 5) is 21.6. The molecule has 0 spiro atoms. The van der Waals surface area contributed by atoms with Gasteiger partial charge in [0.15, 0.2) is 0 Å². The maximum Gasteiger partial charge on any atom is 0.269 e. The van der Waals surface area contributed by atoms with Crippen LogP contribution >= 0.6 is 0 Å². The third-order valence-electron chi connectivity index (χ3n) is 2.91. The summed E-state index contributed by atoms with van der Waals surface area (Å²) < 4.78 is 0. The number of hydrogen-bond acceptors (Lipinski definition) is 5. The van der Waals surface area contributed by atoms with Crippen molar-refractivity contribution in [2.24, 2.45) is 0 Å². The Balaban J connectivity index is 2.13. The highest BCUT2D eigenvalue weighted by atomic mass is 16.6. The largest absolute Gasteiger partial charge is 0.385 e. The lowest BCUT2D eigenvalue weighted by Crippen LogP contribution is -2.26. The van der Waals surface area contributed by atoms with E-state index in [1.165, 1.54) is 12.1 Å². The van der Waals surface area contributed by atoms with Crippen molar-refractivity contribution in [2.45, 2.75) is 19.3 Å². The average Bonchev–Trinajstić information content (AvgIpc) is 2.48. The maximum absolute atomic E-state index is 11.5. The smallest absolute Gasteiger partial charge is 0.269 e. The molecule has 0 aromatic heterocycles. The summed E-state index contributed by atoms with van der Waals surface area (Å²) in [6, 6.07) is 6.24. The van der Waals surface area contributed by atoms with Crippen LogP contribution in [0, 0.1) is 10.1 Å². The van der Waals surface area contributed by atoms with E-state index in [0.29, 0.717) is 19.5 Å². The van der Waals surface area contributed by atoms with Gasteiger partial charge in [0.25, 0.3) is 5.69 Å². The summed E-state index contributed by atoms with van der Waals surface area (Å²) in [6.07, 6.45) is 2.11. The van der Waals surface area contributed by atoms with E-state index < -0.39 is 4.92 Å². The van der Waals surface area contributed by atoms with Crippen LogP contribution in [0.3, 0.4) is 0 Å². The number of nitrogens with one attached hydrogen (secondary N) is 3. The zero-order valence-electron chi connectivity index (χ0n) is 12.2. The fourth-order valence-electron chi connectivity index (χ4n) is 1.76. The van der Waals surface area contributed by atoms with Crippen molar-refractivity contribution in [1.29, 1.82) is 0 Å². The van der Waals surface area contributed by atoms with Gasteiger partial charge in [-0.3, -0.25) is 14.9 Å². The summed E-state index contributed by atoms with van der Waals surface area (Å²) in [5.74, 6) is 0.0524. The van der Waals surface area contributed by atoms with E-state index in [1.54, 1.807) is 12.1 Å². The van der Waals surface area contributed by atoms with Crippen LogP contribution in [0.4, 0.5) is 11.4 Å². The van der Waals surface area contributed by atoms with Crippen molar-refractivity contribution in [2.75, 3.05) is 32.0 Å². The number of carbonyl (C=O) groups is 1. The molecule has 0 atom stereocenters. The number of nitro benzene ring substituents is 1. The molecule has 0 bridgehead atoms. The Bertz CT molecular complexity index is 448. The number of nitro groups is 1. The molecule has 0 unspecified atom stereocenters. The van der Waals surface area contributed by atoms with Crippen molar-refractivity contribution in [3.05, 3.63) is 34.4 Å². The van der Waals surface area contributed by atoms with Gasteiger partial charge < -0.3 is 16.0 Å². The normalized spacial score (nSPS) is 10.1. The van der Waals surface area contributed by atoms with Gasteiger partial charge in [0.1, 0.15) is 0 Å². The molecule has 0 aliphatic rings. The van der Waals surface area contributed by atoms with Gasteiger partial charge in [-0.15, -0.1) is 0 Å². The van der Waals surface area contributed by atoms with E-state index in [-0.39, 0.29) is 11.6 Å². The van der Waals surface area contributed by atoms with E-state index in [0.717, 1.165) is 25.1 Å². The minimum Gasteiger partial charge on any atom is -0.385 e. The van der Waals surface area contributed by atoms with Crippen LogP contribution in [0.5, 0.6) is 0 Å². The molecule has 1 rings (SSSR count). The summed E-state index contributed by atoms with van der Waals surface area (Å²) >= 11 is 0. The number of hydrogen-bond donors (Lipinski definition) is 3. The van der Waals surface area contributed by atoms with Gasteiger partial charge in [-0.2, -0.15) is 0 Å². The van der Waals surface area contributed by atoms with Crippen LogP contribution in [0.1, 0.15) is 19.3 Å². The molecule has 0 radical (unpaired) electrons. The third kappa shape index (κ3) is 7.26.